The number of aromatic amines is 1. The van der Waals surface area contributed by atoms with Crippen LogP contribution in [-0.2, 0) is 4.79 Å². The largest absolute Gasteiger partial charge is 0.550 e. The van der Waals surface area contributed by atoms with Crippen LogP contribution < -0.4 is 10.1 Å². The molecule has 1 aromatic heterocycles. The van der Waals surface area contributed by atoms with Gasteiger partial charge in [0.1, 0.15) is 0 Å². The molecule has 0 saturated carbocycles. The normalized spacial score (nSPS) is 11.5. The van der Waals surface area contributed by atoms with Crippen molar-refractivity contribution in [3.05, 3.63) is 79.2 Å². The first-order valence-electron chi connectivity index (χ1n) is 10.5. The van der Waals surface area contributed by atoms with Crippen molar-refractivity contribution in [3.63, 3.8) is 0 Å². The van der Waals surface area contributed by atoms with Crippen LogP contribution in [0.15, 0.2) is 79.2 Å². The van der Waals surface area contributed by atoms with Gasteiger partial charge >= 0.3 is 0 Å². The second kappa shape index (κ2) is 22.6. The third-order valence-corrected chi connectivity index (χ3v) is 3.82. The number of hydrogen-bond donors (Lipinski definition) is 0. The molecule has 0 unspecified atom stereocenters. The lowest BCUT2D eigenvalue weighted by Gasteiger charge is -1.97. The number of nitrogens with one attached hydrogen (secondary N) is 1. The average molecular weight is 384 g/mol. The van der Waals surface area contributed by atoms with Crippen LogP contribution in [0.5, 0.6) is 0 Å². The number of hydrogen-bond acceptors (Lipinski definition) is 2. The summed E-state index contributed by atoms with van der Waals surface area (Å²) in [6.07, 6.45) is 30.7. The van der Waals surface area contributed by atoms with E-state index >= 15 is 0 Å². The van der Waals surface area contributed by atoms with E-state index < -0.39 is 5.97 Å². The topological polar surface area (TPSA) is 54.3 Å². The Morgan fingerprint density at radius 3 is 1.64 bits per heavy atom. The number of unbranched alkanes of at least 4 members (excludes halogenated alkanes) is 4. The number of rotatable bonds is 14. The molecule has 0 radical (unpaired) electrons. The maximum atomic E-state index is 10.2. The average Bonchev–Trinajstić information content (AvgIpc) is 2.72. The van der Waals surface area contributed by atoms with Crippen LogP contribution in [-0.4, -0.2) is 5.97 Å². The second-order valence-electron chi connectivity index (χ2n) is 6.43. The van der Waals surface area contributed by atoms with Gasteiger partial charge in [-0.15, -0.1) is 0 Å². The van der Waals surface area contributed by atoms with E-state index in [2.05, 4.69) is 54.4 Å². The summed E-state index contributed by atoms with van der Waals surface area (Å²) in [5.74, 6) is -0.962. The number of carboxylic acid groups (broad SMARTS) is 1. The summed E-state index contributed by atoms with van der Waals surface area (Å²) < 4.78 is 0. The zero-order valence-corrected chi connectivity index (χ0v) is 17.4. The van der Waals surface area contributed by atoms with Crippen LogP contribution in [0.25, 0.3) is 0 Å². The third kappa shape index (κ3) is 23.6. The Morgan fingerprint density at radius 1 is 0.750 bits per heavy atom. The molecule has 0 aliphatic heterocycles. The Morgan fingerprint density at radius 2 is 1.25 bits per heavy atom. The number of aliphatic carboxylic acids is 1. The standard InChI is InChI=1S/C20H32O2.C5H5N/c1-2-3-4-5-6-7-8-9-10-11-12-13-14-15-16-17-18-19-20(21)22;1-2-4-6-5-3-1/h6-7,9-10,12-13,15-16H,2-5,8,11,14,17-19H2,1H3,(H,21,22);1-5H/b7-6-,10-9-,13-12-,16-15-;. The zero-order chi connectivity index (χ0) is 20.5. The van der Waals surface area contributed by atoms with E-state index in [4.69, 9.17) is 0 Å². The highest BCUT2D eigenvalue weighted by Gasteiger charge is 1.84. The van der Waals surface area contributed by atoms with Gasteiger partial charge in [0, 0.05) is 18.1 Å². The lowest BCUT2D eigenvalue weighted by Crippen LogP contribution is -2.21. The predicted molar refractivity (Wildman–Crippen MR) is 116 cm³/mol. The number of carbonyl (C=O) groups excluding carboxylic acids is 1. The molecular weight excluding hydrogens is 346 g/mol. The Balaban J connectivity index is 0.00000102. The first-order valence-corrected chi connectivity index (χ1v) is 10.5. The SMILES string of the molecule is CCCCC/C=C\C/C=C\C/C=C\C/C=C\CCCC(=O)[O-].c1cc[nH+]cc1. The van der Waals surface area contributed by atoms with Crippen LogP contribution in [0.4, 0.5) is 0 Å². The predicted octanol–water partition coefficient (Wildman–Crippen LogP) is 5.38. The molecule has 0 amide bonds. The fourth-order valence-corrected chi connectivity index (χ4v) is 2.27. The van der Waals surface area contributed by atoms with Crippen LogP contribution in [0, 0.1) is 0 Å². The molecule has 0 aromatic carbocycles. The van der Waals surface area contributed by atoms with Crippen molar-refractivity contribution >= 4 is 5.97 Å². The van der Waals surface area contributed by atoms with Gasteiger partial charge in [-0.1, -0.05) is 74.4 Å². The Labute approximate surface area is 171 Å². The number of aromatic nitrogens is 1. The van der Waals surface area contributed by atoms with E-state index in [0.29, 0.717) is 6.42 Å². The number of carboxylic acids is 1. The van der Waals surface area contributed by atoms with Crippen LogP contribution in [0.1, 0.15) is 71.1 Å². The summed E-state index contributed by atoms with van der Waals surface area (Å²) in [6.45, 7) is 2.23. The van der Waals surface area contributed by atoms with Gasteiger partial charge in [-0.05, 0) is 51.4 Å². The molecule has 0 atom stereocenters. The summed E-state index contributed by atoms with van der Waals surface area (Å²) in [5, 5.41) is 10.2. The Bertz CT molecular complexity index is 532. The smallest absolute Gasteiger partial charge is 0.166 e. The minimum Gasteiger partial charge on any atom is -0.550 e. The van der Waals surface area contributed by atoms with Gasteiger partial charge in [0.05, 0.1) is 0 Å². The van der Waals surface area contributed by atoms with Crippen LogP contribution in [0.3, 0.4) is 0 Å². The van der Waals surface area contributed by atoms with Crippen LogP contribution in [0.2, 0.25) is 0 Å². The van der Waals surface area contributed by atoms with Gasteiger partial charge in [-0.3, -0.25) is 0 Å². The van der Waals surface area contributed by atoms with Crippen molar-refractivity contribution in [2.24, 2.45) is 0 Å². The van der Waals surface area contributed by atoms with Crippen molar-refractivity contribution in [2.45, 2.75) is 71.1 Å². The monoisotopic (exact) mass is 383 g/mol. The van der Waals surface area contributed by atoms with Gasteiger partial charge in [-0.25, -0.2) is 4.98 Å². The molecule has 0 bridgehead atoms. The molecule has 1 heterocycles. The van der Waals surface area contributed by atoms with Gasteiger partial charge in [0.2, 0.25) is 0 Å². The maximum absolute atomic E-state index is 10.2. The molecule has 1 N–H and O–H groups in total. The van der Waals surface area contributed by atoms with Gasteiger partial charge in [0.25, 0.3) is 0 Å². The van der Waals surface area contributed by atoms with Crippen LogP contribution >= 0.6 is 0 Å². The van der Waals surface area contributed by atoms with E-state index in [1.54, 1.807) is 0 Å². The minimum absolute atomic E-state index is 0.151. The number of allylic oxidation sites excluding steroid dienone is 8. The van der Waals surface area contributed by atoms with E-state index in [1.165, 1.54) is 25.7 Å². The molecular formula is C25H37NO2. The number of carbonyl (C=O) groups is 1. The summed E-state index contributed by atoms with van der Waals surface area (Å²) in [4.78, 5) is 13.1. The molecule has 0 spiro atoms. The fraction of sp³-hybridized carbons (Fsp3) is 0.440. The van der Waals surface area contributed by atoms with Gasteiger partial charge < -0.3 is 9.90 Å². The highest BCUT2D eigenvalue weighted by atomic mass is 16.4. The summed E-state index contributed by atoms with van der Waals surface area (Å²) in [7, 11) is 0. The van der Waals surface area contributed by atoms with Crippen molar-refractivity contribution < 1.29 is 14.9 Å². The first-order chi connectivity index (χ1) is 13.8. The lowest BCUT2D eigenvalue weighted by atomic mass is 10.2. The van der Waals surface area contributed by atoms with Gasteiger partial charge in [-0.2, -0.15) is 0 Å². The molecule has 3 heteroatoms. The molecule has 0 aliphatic rings. The van der Waals surface area contributed by atoms with E-state index in [-0.39, 0.29) is 6.42 Å². The second-order valence-corrected chi connectivity index (χ2v) is 6.43. The van der Waals surface area contributed by atoms with Crippen molar-refractivity contribution in [3.8, 4) is 0 Å². The summed E-state index contributed by atoms with van der Waals surface area (Å²) in [6, 6.07) is 5.86. The van der Waals surface area contributed by atoms with E-state index in [0.717, 1.165) is 25.7 Å². The zero-order valence-electron chi connectivity index (χ0n) is 17.4. The molecule has 0 saturated heterocycles. The quantitative estimate of drug-likeness (QED) is 0.320. The van der Waals surface area contributed by atoms with Gasteiger partial charge in [0.15, 0.2) is 12.4 Å². The molecule has 0 aliphatic carbocycles. The Hall–Kier alpha value is -2.42. The highest BCUT2D eigenvalue weighted by molar-refractivity contribution is 5.64. The molecule has 28 heavy (non-hydrogen) atoms. The van der Waals surface area contributed by atoms with Crippen molar-refractivity contribution in [1.29, 1.82) is 0 Å². The van der Waals surface area contributed by atoms with E-state index in [9.17, 15) is 9.90 Å². The summed E-state index contributed by atoms with van der Waals surface area (Å²) in [5.41, 5.74) is 0. The molecule has 0 fully saturated rings. The lowest BCUT2D eigenvalue weighted by molar-refractivity contribution is -0.378. The molecule has 154 valence electrons. The summed E-state index contributed by atoms with van der Waals surface area (Å²) >= 11 is 0. The number of pyridine rings is 1. The first kappa shape index (κ1) is 25.6. The minimum atomic E-state index is -0.962. The third-order valence-electron chi connectivity index (χ3n) is 3.82. The highest BCUT2D eigenvalue weighted by Crippen LogP contribution is 2.01. The molecule has 3 nitrogen and oxygen atoms in total. The number of H-pyrrole nitrogens is 1. The maximum Gasteiger partial charge on any atom is 0.166 e. The van der Waals surface area contributed by atoms with E-state index in [1.807, 2.05) is 36.7 Å². The van der Waals surface area contributed by atoms with Crippen molar-refractivity contribution in [1.82, 2.24) is 0 Å². The van der Waals surface area contributed by atoms with Crippen molar-refractivity contribution in [2.75, 3.05) is 0 Å². The molecule has 1 aromatic rings. The Kier molecular flexibility index (Phi) is 20.7. The fourth-order valence-electron chi connectivity index (χ4n) is 2.27. The molecule has 1 rings (SSSR count).